The first-order valence-electron chi connectivity index (χ1n) is 10.4. The van der Waals surface area contributed by atoms with Crippen LogP contribution in [0.5, 0.6) is 0 Å². The van der Waals surface area contributed by atoms with Crippen LogP contribution in [0.25, 0.3) is 0 Å². The van der Waals surface area contributed by atoms with Gasteiger partial charge in [-0.2, -0.15) is 0 Å². The summed E-state index contributed by atoms with van der Waals surface area (Å²) in [6.45, 7) is 0.158. The van der Waals surface area contributed by atoms with Crippen LogP contribution in [0.4, 0.5) is 0 Å². The maximum Gasteiger partial charge on any atom is 0.217 e. The molecule has 0 unspecified atom stereocenters. The van der Waals surface area contributed by atoms with Crippen molar-refractivity contribution in [2.24, 2.45) is 0 Å². The van der Waals surface area contributed by atoms with Gasteiger partial charge in [-0.3, -0.25) is 14.4 Å². The Bertz CT molecular complexity index is 710. The molecule has 0 saturated carbocycles. The van der Waals surface area contributed by atoms with Crippen LogP contribution in [0.15, 0.2) is 0 Å². The fourth-order valence-corrected chi connectivity index (χ4v) is 3.67. The second-order valence-corrected chi connectivity index (χ2v) is 8.32. The van der Waals surface area contributed by atoms with E-state index in [0.717, 1.165) is 13.8 Å². The number of rotatable bonds is 12. The Morgan fingerprint density at radius 3 is 2.00 bits per heavy atom. The monoisotopic (exact) mass is 498 g/mol. The first-order chi connectivity index (χ1) is 15.7. The third kappa shape index (κ3) is 7.88. The van der Waals surface area contributed by atoms with Crippen molar-refractivity contribution < 1.29 is 65.1 Å². The molecule has 1 rings (SSSR count). The van der Waals surface area contributed by atoms with Gasteiger partial charge in [0.1, 0.15) is 42.7 Å². The Morgan fingerprint density at radius 2 is 1.53 bits per heavy atom. The summed E-state index contributed by atoms with van der Waals surface area (Å²) in [4.78, 5) is 35.9. The largest absolute Gasteiger partial charge is 0.394 e. The molecule has 15 nitrogen and oxygen atoms in total. The number of hydrogen-bond acceptors (Lipinski definition) is 13. The van der Waals surface area contributed by atoms with E-state index in [1.807, 2.05) is 0 Å². The van der Waals surface area contributed by atoms with Gasteiger partial charge in [0.15, 0.2) is 11.6 Å². The van der Waals surface area contributed by atoms with Crippen molar-refractivity contribution in [1.29, 1.82) is 0 Å². The molecule has 2 amide bonds. The minimum atomic E-state index is -2.55. The van der Waals surface area contributed by atoms with Gasteiger partial charge in [-0.1, -0.05) is 0 Å². The molecule has 0 radical (unpaired) electrons. The van der Waals surface area contributed by atoms with Gasteiger partial charge in [-0.25, -0.2) is 0 Å². The molecule has 1 saturated heterocycles. The van der Waals surface area contributed by atoms with Gasteiger partial charge in [0, 0.05) is 20.3 Å². The number of carbonyl (C=O) groups is 3. The molecule has 0 aromatic rings. The number of aliphatic hydroxyl groups excluding tert-OH is 8. The highest BCUT2D eigenvalue weighted by Crippen LogP contribution is 2.33. The summed E-state index contributed by atoms with van der Waals surface area (Å²) in [7, 11) is 0. The molecule has 198 valence electrons. The first-order valence-corrected chi connectivity index (χ1v) is 10.4. The highest BCUT2D eigenvalue weighted by molar-refractivity contribution is 5.89. The van der Waals surface area contributed by atoms with E-state index < -0.39 is 104 Å². The Labute approximate surface area is 194 Å². The van der Waals surface area contributed by atoms with Crippen LogP contribution >= 0.6 is 0 Å². The van der Waals surface area contributed by atoms with E-state index in [1.165, 1.54) is 0 Å². The van der Waals surface area contributed by atoms with Gasteiger partial charge in [0.05, 0.1) is 31.8 Å². The van der Waals surface area contributed by atoms with E-state index in [0.29, 0.717) is 0 Å². The number of amides is 2. The molecule has 34 heavy (non-hydrogen) atoms. The fourth-order valence-electron chi connectivity index (χ4n) is 3.67. The van der Waals surface area contributed by atoms with Crippen LogP contribution in [-0.2, 0) is 19.1 Å². The van der Waals surface area contributed by atoms with Gasteiger partial charge >= 0.3 is 0 Å². The lowest BCUT2D eigenvalue weighted by atomic mass is 9.85. The van der Waals surface area contributed by atoms with Crippen molar-refractivity contribution >= 4 is 17.6 Å². The minimum absolute atomic E-state index is 0.657. The quantitative estimate of drug-likeness (QED) is 0.120. The van der Waals surface area contributed by atoms with Gasteiger partial charge < -0.3 is 61.3 Å². The third-order valence-corrected chi connectivity index (χ3v) is 5.37. The maximum absolute atomic E-state index is 12.9. The van der Waals surface area contributed by atoms with E-state index in [-0.39, 0.29) is 0 Å². The number of nitrogens with one attached hydrogen (secondary N) is 2. The Hall–Kier alpha value is -1.79. The highest BCUT2D eigenvalue weighted by atomic mass is 16.6. The van der Waals surface area contributed by atoms with Gasteiger partial charge in [0.2, 0.25) is 11.8 Å². The molecule has 11 N–H and O–H groups in total. The summed E-state index contributed by atoms with van der Waals surface area (Å²) in [5, 5.41) is 93.6. The lowest BCUT2D eigenvalue weighted by Gasteiger charge is -2.46. The molecule has 15 heteroatoms. The molecule has 0 bridgehead atoms. The molecule has 0 aromatic carbocycles. The summed E-state index contributed by atoms with van der Waals surface area (Å²) in [6.07, 6.45) is -14.9. The highest BCUT2D eigenvalue weighted by Gasteiger charge is 2.51. The van der Waals surface area contributed by atoms with E-state index in [1.54, 1.807) is 0 Å². The van der Waals surface area contributed by atoms with E-state index in [4.69, 9.17) is 14.9 Å². The van der Waals surface area contributed by atoms with Crippen molar-refractivity contribution in [3.63, 3.8) is 0 Å². The number of hydrogen-bond donors (Lipinski definition) is 11. The minimum Gasteiger partial charge on any atom is -0.394 e. The molecular formula is C19H34N2O13. The van der Waals surface area contributed by atoms with Crippen LogP contribution in [0, 0.1) is 0 Å². The third-order valence-electron chi connectivity index (χ3n) is 5.37. The summed E-state index contributed by atoms with van der Waals surface area (Å²) in [5.41, 5.74) is 0. The number of Topliss-reactive ketones (excluding diaryl/α,β-unsaturated/α-hetero) is 1. The maximum atomic E-state index is 12.9. The molecule has 0 aromatic heterocycles. The Morgan fingerprint density at radius 1 is 0.971 bits per heavy atom. The first kappa shape index (κ1) is 30.2. The zero-order chi connectivity index (χ0) is 26.4. The molecule has 1 aliphatic heterocycles. The average molecular weight is 498 g/mol. The molecule has 1 fully saturated rings. The number of ether oxygens (including phenoxy) is 1. The van der Waals surface area contributed by atoms with Crippen LogP contribution in [0.2, 0.25) is 0 Å². The molecule has 0 spiro atoms. The molecule has 1 heterocycles. The van der Waals surface area contributed by atoms with Gasteiger partial charge in [0.25, 0.3) is 0 Å². The molecular weight excluding hydrogens is 464 g/mol. The zero-order valence-corrected chi connectivity index (χ0v) is 18.7. The lowest BCUT2D eigenvalue weighted by molar-refractivity contribution is -0.300. The van der Waals surface area contributed by atoms with Crippen LogP contribution in [0.3, 0.4) is 0 Å². The van der Waals surface area contributed by atoms with E-state index in [2.05, 4.69) is 10.6 Å². The average Bonchev–Trinajstić information content (AvgIpc) is 2.75. The second-order valence-electron chi connectivity index (χ2n) is 8.32. The summed E-state index contributed by atoms with van der Waals surface area (Å²) in [5.74, 6) is -5.17. The van der Waals surface area contributed by atoms with Crippen molar-refractivity contribution in [2.75, 3.05) is 13.2 Å². The fraction of sp³-hybridized carbons (Fsp3) is 0.842. The van der Waals surface area contributed by atoms with Crippen molar-refractivity contribution in [1.82, 2.24) is 10.6 Å². The topological polar surface area (TPSA) is 267 Å². The number of ketones is 1. The van der Waals surface area contributed by atoms with E-state index in [9.17, 15) is 50.1 Å². The second kappa shape index (κ2) is 12.8. The van der Waals surface area contributed by atoms with Crippen molar-refractivity contribution in [2.45, 2.75) is 87.3 Å². The van der Waals surface area contributed by atoms with Gasteiger partial charge in [-0.05, 0) is 0 Å². The number of aliphatic hydroxyl groups is 9. The lowest BCUT2D eigenvalue weighted by Crippen LogP contribution is -2.66. The van der Waals surface area contributed by atoms with Crippen LogP contribution < -0.4 is 10.6 Å². The summed E-state index contributed by atoms with van der Waals surface area (Å²) < 4.78 is 5.37. The molecule has 1 aliphatic rings. The van der Waals surface area contributed by atoms with Crippen molar-refractivity contribution in [3.8, 4) is 0 Å². The molecule has 0 aliphatic carbocycles. The van der Waals surface area contributed by atoms with Crippen molar-refractivity contribution in [3.05, 3.63) is 0 Å². The van der Waals surface area contributed by atoms with Gasteiger partial charge in [-0.15, -0.1) is 0 Å². The Balaban J connectivity index is 3.20. The summed E-state index contributed by atoms with van der Waals surface area (Å²) >= 11 is 0. The SMILES string of the molecule is CC(=O)N[C@H]1[C@H]([C@H](O)[C@H](O)CO)O[C@](O)(CC(=O)[C@H](NC(C)=O)[C@@H](O)[C@@H](O)[C@H](O)CO)C[C@@H]1O. The zero-order valence-electron chi connectivity index (χ0n) is 18.7. The van der Waals surface area contributed by atoms with Crippen LogP contribution in [0.1, 0.15) is 26.7 Å². The number of carbonyl (C=O) groups excluding carboxylic acids is 3. The normalized spacial score (nSPS) is 30.4. The molecule has 10 atom stereocenters. The smallest absolute Gasteiger partial charge is 0.217 e. The Kier molecular flexibility index (Phi) is 11.4. The van der Waals surface area contributed by atoms with Crippen LogP contribution in [-0.4, -0.2) is 137 Å². The predicted octanol–water partition coefficient (Wildman–Crippen LogP) is -6.42. The van der Waals surface area contributed by atoms with E-state index >= 15 is 0 Å². The summed E-state index contributed by atoms with van der Waals surface area (Å²) in [6, 6.07) is -3.25. The predicted molar refractivity (Wildman–Crippen MR) is 109 cm³/mol. The standard InChI is InChI=1S/C19H34N2O13/c1-7(24)20-13(17(32)15(30)11(28)5-22)9(26)3-19(33)4-10(27)14(21-8(2)25)18(34-19)16(31)12(29)6-23/h10-18,22-23,27-33H,3-6H2,1-2H3,(H,20,24)(H,21,25)/t10-,11+,12+,13-,14+,15-,16+,17+,18+,19+/m0/s1.